The number of hydrogen-bond acceptors (Lipinski definition) is 7. The number of benzene rings is 2. The molecule has 0 radical (unpaired) electrons. The minimum Gasteiger partial charge on any atom is -0.482 e. The van der Waals surface area contributed by atoms with E-state index in [-0.39, 0.29) is 41.5 Å². The van der Waals surface area contributed by atoms with Crippen molar-refractivity contribution in [2.24, 2.45) is 0 Å². The van der Waals surface area contributed by atoms with E-state index in [1.165, 1.54) is 31.2 Å². The van der Waals surface area contributed by atoms with Crippen molar-refractivity contribution in [3.8, 4) is 5.75 Å². The first kappa shape index (κ1) is 19.8. The molecule has 8 nitrogen and oxygen atoms in total. The molecule has 0 aliphatic carbocycles. The summed E-state index contributed by atoms with van der Waals surface area (Å²) in [6.45, 7) is 1.38. The van der Waals surface area contributed by atoms with Gasteiger partial charge in [0.1, 0.15) is 25.2 Å². The molecule has 0 unspecified atom stereocenters. The quantitative estimate of drug-likeness (QED) is 0.340. The van der Waals surface area contributed by atoms with Gasteiger partial charge in [0.05, 0.1) is 10.5 Å². The highest BCUT2D eigenvalue weighted by molar-refractivity contribution is 5.92. The van der Waals surface area contributed by atoms with Gasteiger partial charge in [-0.25, -0.2) is 4.79 Å². The van der Waals surface area contributed by atoms with E-state index in [9.17, 15) is 19.7 Å². The third-order valence-electron chi connectivity index (χ3n) is 4.16. The monoisotopic (exact) mass is 395 g/mol. The molecule has 2 aromatic carbocycles. The summed E-state index contributed by atoms with van der Waals surface area (Å²) in [4.78, 5) is 34.8. The summed E-state index contributed by atoms with van der Waals surface area (Å²) >= 11 is 0. The first-order valence-corrected chi connectivity index (χ1v) is 8.65. The average Bonchev–Trinajstić information content (AvgIpc) is 2.72. The molecule has 8 heteroatoms. The predicted molar refractivity (Wildman–Crippen MR) is 103 cm³/mol. The third kappa shape index (κ3) is 4.86. The molecule has 1 heterocycles. The molecule has 0 fully saturated rings. The van der Waals surface area contributed by atoms with Gasteiger partial charge in [0.2, 0.25) is 11.2 Å². The van der Waals surface area contributed by atoms with E-state index in [0.717, 1.165) is 11.8 Å². The van der Waals surface area contributed by atoms with Gasteiger partial charge in [0, 0.05) is 17.7 Å². The molecule has 0 bridgehead atoms. The van der Waals surface area contributed by atoms with Crippen molar-refractivity contribution in [3.63, 3.8) is 0 Å². The SMILES string of the molecule is Cc1c(C(=O)OCc2cc(=O)c(OCc3ccccc3)co2)cccc1[N+](=O)[O-]. The van der Waals surface area contributed by atoms with Crippen LogP contribution in [0.3, 0.4) is 0 Å². The molecule has 0 atom stereocenters. The van der Waals surface area contributed by atoms with Crippen LogP contribution in [0.1, 0.15) is 27.2 Å². The first-order chi connectivity index (χ1) is 14.0. The maximum atomic E-state index is 12.2. The number of ether oxygens (including phenoxy) is 2. The fraction of sp³-hybridized carbons (Fsp3) is 0.143. The lowest BCUT2D eigenvalue weighted by atomic mass is 10.1. The van der Waals surface area contributed by atoms with E-state index in [0.29, 0.717) is 0 Å². The van der Waals surface area contributed by atoms with Crippen molar-refractivity contribution >= 4 is 11.7 Å². The lowest BCUT2D eigenvalue weighted by Gasteiger charge is -2.08. The van der Waals surface area contributed by atoms with E-state index in [1.807, 2.05) is 30.3 Å². The Balaban J connectivity index is 1.63. The maximum absolute atomic E-state index is 12.2. The molecular weight excluding hydrogens is 378 g/mol. The van der Waals surface area contributed by atoms with Crippen LogP contribution in [0.15, 0.2) is 70.1 Å². The molecule has 0 amide bonds. The fourth-order valence-electron chi connectivity index (χ4n) is 2.61. The van der Waals surface area contributed by atoms with Gasteiger partial charge in [-0.2, -0.15) is 0 Å². The van der Waals surface area contributed by atoms with Crippen molar-refractivity contribution < 1.29 is 23.6 Å². The highest BCUT2D eigenvalue weighted by Crippen LogP contribution is 2.22. The summed E-state index contributed by atoms with van der Waals surface area (Å²) in [5.41, 5.74) is 0.589. The van der Waals surface area contributed by atoms with Crippen molar-refractivity contribution in [1.82, 2.24) is 0 Å². The van der Waals surface area contributed by atoms with Crippen LogP contribution in [0.5, 0.6) is 5.75 Å². The molecule has 3 rings (SSSR count). The Hall–Kier alpha value is -3.94. The summed E-state index contributed by atoms with van der Waals surface area (Å²) in [5.74, 6) is -0.588. The van der Waals surface area contributed by atoms with Gasteiger partial charge >= 0.3 is 5.97 Å². The number of hydrogen-bond donors (Lipinski definition) is 0. The highest BCUT2D eigenvalue weighted by atomic mass is 16.6. The largest absolute Gasteiger partial charge is 0.482 e. The van der Waals surface area contributed by atoms with Crippen LogP contribution in [0, 0.1) is 17.0 Å². The van der Waals surface area contributed by atoms with Crippen LogP contribution >= 0.6 is 0 Å². The van der Waals surface area contributed by atoms with Gasteiger partial charge < -0.3 is 13.9 Å². The van der Waals surface area contributed by atoms with Crippen LogP contribution in [0.4, 0.5) is 5.69 Å². The molecule has 148 valence electrons. The summed E-state index contributed by atoms with van der Waals surface area (Å²) in [7, 11) is 0. The van der Waals surface area contributed by atoms with Crippen LogP contribution < -0.4 is 10.2 Å². The summed E-state index contributed by atoms with van der Waals surface area (Å²) < 4.78 is 15.9. The summed E-state index contributed by atoms with van der Waals surface area (Å²) in [5, 5.41) is 11.0. The standard InChI is InChI=1S/C21H17NO7/c1-14-17(8-5-9-18(14)22(25)26)21(24)29-12-16-10-19(23)20(13-27-16)28-11-15-6-3-2-4-7-15/h2-10,13H,11-12H2,1H3. The maximum Gasteiger partial charge on any atom is 0.339 e. The van der Waals surface area contributed by atoms with Crippen molar-refractivity contribution in [2.75, 3.05) is 0 Å². The smallest absolute Gasteiger partial charge is 0.339 e. The van der Waals surface area contributed by atoms with Gasteiger partial charge in [-0.15, -0.1) is 0 Å². The van der Waals surface area contributed by atoms with Crippen LogP contribution in [0.2, 0.25) is 0 Å². The normalized spacial score (nSPS) is 10.4. The predicted octanol–water partition coefficient (Wildman–Crippen LogP) is 3.79. The van der Waals surface area contributed by atoms with Crippen molar-refractivity contribution in [3.05, 3.63) is 104 Å². The molecule has 0 spiro atoms. The zero-order valence-electron chi connectivity index (χ0n) is 15.5. The number of carbonyl (C=O) groups excluding carboxylic acids is 1. The minimum absolute atomic E-state index is 0.0402. The van der Waals surface area contributed by atoms with Gasteiger partial charge in [-0.1, -0.05) is 36.4 Å². The lowest BCUT2D eigenvalue weighted by Crippen LogP contribution is -2.11. The molecule has 0 saturated carbocycles. The summed E-state index contributed by atoms with van der Waals surface area (Å²) in [6.07, 6.45) is 1.16. The molecule has 1 aromatic heterocycles. The lowest BCUT2D eigenvalue weighted by molar-refractivity contribution is -0.385. The molecule has 3 aromatic rings. The first-order valence-electron chi connectivity index (χ1n) is 8.65. The number of nitrogens with zero attached hydrogens (tertiary/aromatic N) is 1. The third-order valence-corrected chi connectivity index (χ3v) is 4.16. The van der Waals surface area contributed by atoms with Gasteiger partial charge in [0.15, 0.2) is 0 Å². The Morgan fingerprint density at radius 3 is 2.55 bits per heavy atom. The van der Waals surface area contributed by atoms with E-state index in [1.54, 1.807) is 0 Å². The molecule has 0 aliphatic heterocycles. The molecule has 0 N–H and O–H groups in total. The van der Waals surface area contributed by atoms with Crippen molar-refractivity contribution in [1.29, 1.82) is 0 Å². The second-order valence-corrected chi connectivity index (χ2v) is 6.13. The Labute approximate surface area is 165 Å². The number of rotatable bonds is 7. The molecule has 0 aliphatic rings. The second kappa shape index (κ2) is 8.83. The van der Waals surface area contributed by atoms with Gasteiger partial charge in [0.25, 0.3) is 5.69 Å². The average molecular weight is 395 g/mol. The van der Waals surface area contributed by atoms with Gasteiger partial charge in [-0.05, 0) is 18.6 Å². The molecule has 29 heavy (non-hydrogen) atoms. The highest BCUT2D eigenvalue weighted by Gasteiger charge is 2.19. The zero-order valence-corrected chi connectivity index (χ0v) is 15.5. The van der Waals surface area contributed by atoms with Crippen LogP contribution in [-0.2, 0) is 18.0 Å². The van der Waals surface area contributed by atoms with E-state index in [2.05, 4.69) is 0 Å². The number of nitro benzene ring substituents is 1. The molecule has 0 saturated heterocycles. The number of carbonyl (C=O) groups is 1. The number of nitro groups is 1. The van der Waals surface area contributed by atoms with E-state index < -0.39 is 16.3 Å². The van der Waals surface area contributed by atoms with Crippen LogP contribution in [-0.4, -0.2) is 10.9 Å². The van der Waals surface area contributed by atoms with Crippen molar-refractivity contribution in [2.45, 2.75) is 20.1 Å². The Morgan fingerprint density at radius 2 is 1.86 bits per heavy atom. The van der Waals surface area contributed by atoms with Crippen LogP contribution in [0.25, 0.3) is 0 Å². The fourth-order valence-corrected chi connectivity index (χ4v) is 2.61. The zero-order chi connectivity index (χ0) is 20.8. The van der Waals surface area contributed by atoms with E-state index >= 15 is 0 Å². The Kier molecular flexibility index (Phi) is 6.03. The van der Waals surface area contributed by atoms with E-state index in [4.69, 9.17) is 13.9 Å². The topological polar surface area (TPSA) is 109 Å². The Bertz CT molecular complexity index is 1090. The number of esters is 1. The Morgan fingerprint density at radius 1 is 1.10 bits per heavy atom. The van der Waals surface area contributed by atoms with Gasteiger partial charge in [-0.3, -0.25) is 14.9 Å². The summed E-state index contributed by atoms with van der Waals surface area (Å²) in [6, 6.07) is 14.7. The second-order valence-electron chi connectivity index (χ2n) is 6.13. The molecular formula is C21H17NO7. The minimum atomic E-state index is -0.752.